The summed E-state index contributed by atoms with van der Waals surface area (Å²) >= 11 is 2.26. The summed E-state index contributed by atoms with van der Waals surface area (Å²) in [5, 5.41) is 1.04. The van der Waals surface area contributed by atoms with E-state index >= 15 is 0 Å². The fourth-order valence-corrected chi connectivity index (χ4v) is 4.28. The van der Waals surface area contributed by atoms with Crippen molar-refractivity contribution in [2.75, 3.05) is 5.75 Å². The van der Waals surface area contributed by atoms with E-state index in [0.29, 0.717) is 0 Å². The van der Waals surface area contributed by atoms with Crippen LogP contribution < -0.4 is 0 Å². The normalized spacial score (nSPS) is 45.0. The molecule has 1 saturated heterocycles. The molecule has 1 aliphatic heterocycles. The van der Waals surface area contributed by atoms with Gasteiger partial charge in [0.15, 0.2) is 0 Å². The van der Waals surface area contributed by atoms with Crippen molar-refractivity contribution in [1.29, 1.82) is 0 Å². The Bertz CT molecular complexity index is 131. The van der Waals surface area contributed by atoms with Crippen LogP contribution in [0, 0.1) is 11.8 Å². The molecule has 0 radical (unpaired) electrons. The van der Waals surface area contributed by atoms with Crippen LogP contribution in [0.2, 0.25) is 0 Å². The van der Waals surface area contributed by atoms with Crippen LogP contribution in [-0.2, 0) is 0 Å². The van der Waals surface area contributed by atoms with E-state index in [0.717, 1.165) is 17.1 Å². The average Bonchev–Trinajstić information content (AvgIpc) is 2.06. The molecule has 0 N–H and O–H groups in total. The lowest BCUT2D eigenvalue weighted by Gasteiger charge is -2.39. The first kappa shape index (κ1) is 7.97. The first-order chi connectivity index (χ1) is 5.38. The molecule has 0 spiro atoms. The van der Waals surface area contributed by atoms with Gasteiger partial charge in [0.25, 0.3) is 0 Å². The molecule has 1 saturated carbocycles. The lowest BCUT2D eigenvalue weighted by Crippen LogP contribution is -2.32. The summed E-state index contributed by atoms with van der Waals surface area (Å²) in [5.74, 6) is 3.54. The van der Waals surface area contributed by atoms with Gasteiger partial charge in [-0.2, -0.15) is 11.8 Å². The largest absolute Gasteiger partial charge is 0.158 e. The van der Waals surface area contributed by atoms with E-state index in [1.54, 1.807) is 0 Å². The van der Waals surface area contributed by atoms with Gasteiger partial charge in [-0.1, -0.05) is 13.3 Å². The van der Waals surface area contributed by atoms with Crippen LogP contribution in [0.3, 0.4) is 0 Å². The molecule has 3 atom stereocenters. The fraction of sp³-hybridized carbons (Fsp3) is 1.00. The van der Waals surface area contributed by atoms with Crippen LogP contribution >= 0.6 is 11.8 Å². The Morgan fingerprint density at radius 3 is 2.73 bits per heavy atom. The van der Waals surface area contributed by atoms with Crippen molar-refractivity contribution in [2.45, 2.75) is 44.3 Å². The Balaban J connectivity index is 1.99. The third kappa shape index (κ3) is 1.58. The van der Waals surface area contributed by atoms with Crippen molar-refractivity contribution in [1.82, 2.24) is 0 Å². The predicted molar refractivity (Wildman–Crippen MR) is 52.0 cm³/mol. The minimum atomic E-state index is 1.01. The summed E-state index contributed by atoms with van der Waals surface area (Å²) in [7, 11) is 0. The lowest BCUT2D eigenvalue weighted by molar-refractivity contribution is 0.274. The molecule has 2 aliphatic rings. The molecular weight excluding hydrogens is 152 g/mol. The first-order valence-electron chi connectivity index (χ1n) is 4.99. The van der Waals surface area contributed by atoms with E-state index in [1.165, 1.54) is 37.9 Å². The van der Waals surface area contributed by atoms with Crippen molar-refractivity contribution in [2.24, 2.45) is 11.8 Å². The van der Waals surface area contributed by atoms with E-state index < -0.39 is 0 Å². The van der Waals surface area contributed by atoms with Crippen molar-refractivity contribution in [3.63, 3.8) is 0 Å². The second-order valence-corrected chi connectivity index (χ2v) is 5.43. The Kier molecular flexibility index (Phi) is 2.45. The Hall–Kier alpha value is 0.350. The third-order valence-electron chi connectivity index (χ3n) is 3.29. The van der Waals surface area contributed by atoms with Gasteiger partial charge in [-0.3, -0.25) is 0 Å². The molecule has 0 amide bonds. The fourth-order valence-electron chi connectivity index (χ4n) is 2.67. The zero-order valence-corrected chi connectivity index (χ0v) is 8.20. The minimum Gasteiger partial charge on any atom is -0.158 e. The highest BCUT2D eigenvalue weighted by molar-refractivity contribution is 7.99. The Morgan fingerprint density at radius 2 is 1.91 bits per heavy atom. The molecule has 1 heterocycles. The summed E-state index contributed by atoms with van der Waals surface area (Å²) in [6, 6.07) is 0. The SMILES string of the molecule is C[C@@H]1CCC[C@@H]2CCCS[C@@H]21. The minimum absolute atomic E-state index is 1.01. The van der Waals surface area contributed by atoms with E-state index in [2.05, 4.69) is 18.7 Å². The van der Waals surface area contributed by atoms with Crippen molar-refractivity contribution in [3.05, 3.63) is 0 Å². The molecule has 64 valence electrons. The zero-order valence-electron chi connectivity index (χ0n) is 7.38. The van der Waals surface area contributed by atoms with Crippen molar-refractivity contribution in [3.8, 4) is 0 Å². The van der Waals surface area contributed by atoms with E-state index in [1.807, 2.05) is 0 Å². The highest BCUT2D eigenvalue weighted by atomic mass is 32.2. The maximum Gasteiger partial charge on any atom is 0.0101 e. The standard InChI is InChI=1S/C10H18S/c1-8-4-2-5-9-6-3-7-11-10(8)9/h8-10H,2-7H2,1H3/t8-,9-,10-/m1/s1. The van der Waals surface area contributed by atoms with E-state index in [4.69, 9.17) is 0 Å². The summed E-state index contributed by atoms with van der Waals surface area (Å²) in [5.41, 5.74) is 0. The molecule has 2 rings (SSSR count). The van der Waals surface area contributed by atoms with Crippen LogP contribution in [0.5, 0.6) is 0 Å². The Labute approximate surface area is 74.1 Å². The van der Waals surface area contributed by atoms with Gasteiger partial charge in [0.2, 0.25) is 0 Å². The Morgan fingerprint density at radius 1 is 1.09 bits per heavy atom. The molecule has 0 nitrogen and oxygen atoms in total. The molecule has 11 heavy (non-hydrogen) atoms. The molecule has 2 fully saturated rings. The molecule has 0 aromatic carbocycles. The first-order valence-corrected chi connectivity index (χ1v) is 6.04. The van der Waals surface area contributed by atoms with Crippen LogP contribution in [0.1, 0.15) is 39.0 Å². The average molecular weight is 170 g/mol. The lowest BCUT2D eigenvalue weighted by atomic mass is 9.79. The summed E-state index contributed by atoms with van der Waals surface area (Å²) in [6.07, 6.45) is 7.54. The maximum absolute atomic E-state index is 2.45. The van der Waals surface area contributed by atoms with Gasteiger partial charge in [0, 0.05) is 5.25 Å². The van der Waals surface area contributed by atoms with Gasteiger partial charge in [-0.05, 0) is 43.3 Å². The van der Waals surface area contributed by atoms with Gasteiger partial charge in [-0.15, -0.1) is 0 Å². The number of hydrogen-bond acceptors (Lipinski definition) is 1. The van der Waals surface area contributed by atoms with Crippen LogP contribution in [0.15, 0.2) is 0 Å². The van der Waals surface area contributed by atoms with E-state index in [-0.39, 0.29) is 0 Å². The molecule has 1 heteroatoms. The number of thioether (sulfide) groups is 1. The zero-order chi connectivity index (χ0) is 7.68. The quantitative estimate of drug-likeness (QED) is 0.537. The van der Waals surface area contributed by atoms with Gasteiger partial charge < -0.3 is 0 Å². The summed E-state index contributed by atoms with van der Waals surface area (Å²) in [4.78, 5) is 0. The number of rotatable bonds is 0. The van der Waals surface area contributed by atoms with Crippen LogP contribution in [0.25, 0.3) is 0 Å². The maximum atomic E-state index is 2.45. The van der Waals surface area contributed by atoms with Crippen molar-refractivity contribution < 1.29 is 0 Å². The summed E-state index contributed by atoms with van der Waals surface area (Å²) < 4.78 is 0. The molecule has 0 aromatic heterocycles. The highest BCUT2D eigenvalue weighted by Crippen LogP contribution is 2.43. The van der Waals surface area contributed by atoms with Gasteiger partial charge in [0.1, 0.15) is 0 Å². The topological polar surface area (TPSA) is 0 Å². The van der Waals surface area contributed by atoms with Gasteiger partial charge in [0.05, 0.1) is 0 Å². The molecule has 0 unspecified atom stereocenters. The molecule has 0 bridgehead atoms. The summed E-state index contributed by atoms with van der Waals surface area (Å²) in [6.45, 7) is 2.45. The predicted octanol–water partition coefficient (Wildman–Crippen LogP) is 3.32. The second-order valence-electron chi connectivity index (χ2n) is 4.15. The smallest absolute Gasteiger partial charge is 0.0101 e. The van der Waals surface area contributed by atoms with Crippen LogP contribution in [0.4, 0.5) is 0 Å². The van der Waals surface area contributed by atoms with Crippen LogP contribution in [-0.4, -0.2) is 11.0 Å². The molecule has 1 aliphatic carbocycles. The van der Waals surface area contributed by atoms with Crippen molar-refractivity contribution >= 4 is 11.8 Å². The van der Waals surface area contributed by atoms with Gasteiger partial charge >= 0.3 is 0 Å². The highest BCUT2D eigenvalue weighted by Gasteiger charge is 2.32. The van der Waals surface area contributed by atoms with E-state index in [9.17, 15) is 0 Å². The second kappa shape index (κ2) is 3.38. The molecular formula is C10H18S. The molecule has 0 aromatic rings. The third-order valence-corrected chi connectivity index (χ3v) is 5.05. The number of fused-ring (bicyclic) bond motifs is 1. The monoisotopic (exact) mass is 170 g/mol. The number of hydrogen-bond donors (Lipinski definition) is 0. The van der Waals surface area contributed by atoms with Gasteiger partial charge in [-0.25, -0.2) is 0 Å².